The summed E-state index contributed by atoms with van der Waals surface area (Å²) in [6.45, 7) is 10.6. The van der Waals surface area contributed by atoms with Crippen LogP contribution in [0.2, 0.25) is 0 Å². The third kappa shape index (κ3) is 5.03. The first-order valence-electron chi connectivity index (χ1n) is 13.0. The smallest absolute Gasteiger partial charge is 0.274 e. The zero-order valence-corrected chi connectivity index (χ0v) is 21.5. The van der Waals surface area contributed by atoms with Gasteiger partial charge in [-0.2, -0.15) is 5.10 Å². The number of hydrogen-bond acceptors (Lipinski definition) is 7. The molecule has 188 valence electrons. The molecule has 0 spiro atoms. The zero-order chi connectivity index (χ0) is 25.1. The van der Waals surface area contributed by atoms with Crippen LogP contribution in [-0.4, -0.2) is 69.7 Å². The highest BCUT2D eigenvalue weighted by atomic mass is 16.2. The third-order valence-corrected chi connectivity index (χ3v) is 7.53. The van der Waals surface area contributed by atoms with Crippen molar-refractivity contribution in [2.75, 3.05) is 42.5 Å². The van der Waals surface area contributed by atoms with Gasteiger partial charge in [-0.15, -0.1) is 5.10 Å². The van der Waals surface area contributed by atoms with E-state index in [1.54, 1.807) is 12.4 Å². The quantitative estimate of drug-likeness (QED) is 0.544. The lowest BCUT2D eigenvalue weighted by molar-refractivity contribution is 0.0718. The second kappa shape index (κ2) is 10.6. The van der Waals surface area contributed by atoms with E-state index < -0.39 is 0 Å². The van der Waals surface area contributed by atoms with Crippen LogP contribution in [0.1, 0.15) is 59.1 Å². The topological polar surface area (TPSA) is 78.4 Å². The van der Waals surface area contributed by atoms with E-state index in [2.05, 4.69) is 75.0 Å². The number of amides is 1. The Bertz CT molecular complexity index is 1190. The summed E-state index contributed by atoms with van der Waals surface area (Å²) in [7, 11) is 0. The number of hydrogen-bond donors (Lipinski definition) is 0. The Balaban J connectivity index is 1.24. The first-order chi connectivity index (χ1) is 17.5. The lowest BCUT2D eigenvalue weighted by Gasteiger charge is -2.41. The van der Waals surface area contributed by atoms with Crippen LogP contribution in [0.25, 0.3) is 0 Å². The second-order valence-electron chi connectivity index (χ2n) is 9.98. The molecule has 1 amide bonds. The van der Waals surface area contributed by atoms with Gasteiger partial charge in [0.05, 0.1) is 18.1 Å². The van der Waals surface area contributed by atoms with Gasteiger partial charge in [0.15, 0.2) is 5.82 Å². The Kier molecular flexibility index (Phi) is 7.11. The van der Waals surface area contributed by atoms with Crippen LogP contribution >= 0.6 is 0 Å². The van der Waals surface area contributed by atoms with E-state index in [4.69, 9.17) is 0 Å². The number of aromatic nitrogens is 4. The van der Waals surface area contributed by atoms with Crippen molar-refractivity contribution in [2.45, 2.75) is 52.5 Å². The molecule has 2 aromatic heterocycles. The van der Waals surface area contributed by atoms with Crippen molar-refractivity contribution in [3.05, 3.63) is 70.8 Å². The van der Waals surface area contributed by atoms with Crippen LogP contribution in [0.5, 0.6) is 0 Å². The molecule has 8 nitrogen and oxygen atoms in total. The van der Waals surface area contributed by atoms with Crippen LogP contribution < -0.4 is 9.80 Å². The maximum atomic E-state index is 12.7. The minimum absolute atomic E-state index is 0.00764. The maximum absolute atomic E-state index is 12.7. The summed E-state index contributed by atoms with van der Waals surface area (Å²) in [6, 6.07) is 10.6. The lowest BCUT2D eigenvalue weighted by atomic mass is 10.0. The van der Waals surface area contributed by atoms with Crippen molar-refractivity contribution < 1.29 is 4.79 Å². The van der Waals surface area contributed by atoms with E-state index >= 15 is 0 Å². The molecule has 1 aromatic carbocycles. The highest BCUT2D eigenvalue weighted by Gasteiger charge is 2.28. The largest absolute Gasteiger partial charge is 0.351 e. The molecule has 2 aliphatic heterocycles. The maximum Gasteiger partial charge on any atom is 0.274 e. The molecule has 5 rings (SSSR count). The van der Waals surface area contributed by atoms with Crippen LogP contribution in [0, 0.1) is 13.8 Å². The first kappa shape index (κ1) is 24.2. The van der Waals surface area contributed by atoms with E-state index in [0.29, 0.717) is 5.69 Å². The van der Waals surface area contributed by atoms with E-state index in [0.717, 1.165) is 69.3 Å². The predicted octanol–water partition coefficient (Wildman–Crippen LogP) is 3.82. The van der Waals surface area contributed by atoms with E-state index in [9.17, 15) is 4.79 Å². The number of rotatable bonds is 5. The number of carbonyl (C=O) groups excluding carboxylic acids is 1. The Morgan fingerprint density at radius 3 is 2.39 bits per heavy atom. The molecule has 36 heavy (non-hydrogen) atoms. The van der Waals surface area contributed by atoms with Gasteiger partial charge in [0.25, 0.3) is 5.91 Å². The molecule has 0 saturated carbocycles. The molecule has 2 fully saturated rings. The van der Waals surface area contributed by atoms with Crippen molar-refractivity contribution in [1.29, 1.82) is 0 Å². The van der Waals surface area contributed by atoms with E-state index in [-0.39, 0.29) is 11.9 Å². The second-order valence-corrected chi connectivity index (χ2v) is 9.98. The van der Waals surface area contributed by atoms with Gasteiger partial charge >= 0.3 is 0 Å². The van der Waals surface area contributed by atoms with E-state index in [1.165, 1.54) is 23.1 Å². The zero-order valence-electron chi connectivity index (χ0n) is 21.5. The van der Waals surface area contributed by atoms with Crippen LogP contribution in [0.15, 0.2) is 42.7 Å². The summed E-state index contributed by atoms with van der Waals surface area (Å²) in [6.07, 6.45) is 7.50. The molecule has 1 unspecified atom stereocenters. The van der Waals surface area contributed by atoms with Gasteiger partial charge in [0.1, 0.15) is 11.5 Å². The van der Waals surface area contributed by atoms with Gasteiger partial charge in [-0.1, -0.05) is 30.3 Å². The average molecular weight is 486 g/mol. The molecule has 0 N–H and O–H groups in total. The first-order valence-corrected chi connectivity index (χ1v) is 13.0. The van der Waals surface area contributed by atoms with Crippen molar-refractivity contribution in [3.63, 3.8) is 0 Å². The van der Waals surface area contributed by atoms with Gasteiger partial charge in [-0.25, -0.2) is 9.97 Å². The lowest BCUT2D eigenvalue weighted by Crippen LogP contribution is -2.53. The fraction of sp³-hybridized carbons (Fsp3) is 0.464. The number of nitrogens with zero attached hydrogens (tertiary/aromatic N) is 7. The SMILES string of the molecule is Cc1c(Cc2ccccc2)nnc(N2CCN(c3cnc(C(=O)N4CCCCC4)cn3)C(C)C2)c1C. The van der Waals surface area contributed by atoms with Crippen molar-refractivity contribution in [1.82, 2.24) is 25.1 Å². The van der Waals surface area contributed by atoms with Gasteiger partial charge in [0, 0.05) is 45.2 Å². The molecule has 1 atom stereocenters. The molecule has 0 radical (unpaired) electrons. The number of anilines is 2. The van der Waals surface area contributed by atoms with Crippen molar-refractivity contribution >= 4 is 17.5 Å². The highest BCUT2D eigenvalue weighted by Crippen LogP contribution is 2.26. The summed E-state index contributed by atoms with van der Waals surface area (Å²) in [5, 5.41) is 9.27. The number of piperidine rings is 1. The summed E-state index contributed by atoms with van der Waals surface area (Å²) < 4.78 is 0. The molecule has 2 aliphatic rings. The van der Waals surface area contributed by atoms with Gasteiger partial charge in [0.2, 0.25) is 0 Å². The molecule has 0 bridgehead atoms. The molecule has 0 aliphatic carbocycles. The predicted molar refractivity (Wildman–Crippen MR) is 142 cm³/mol. The normalized spacial score (nSPS) is 18.4. The molecular weight excluding hydrogens is 450 g/mol. The Hall–Kier alpha value is -3.55. The van der Waals surface area contributed by atoms with Crippen LogP contribution in [0.3, 0.4) is 0 Å². The standard InChI is InChI=1S/C28H35N7O/c1-20-19-34(27-22(3)21(2)24(31-32-27)16-23-10-6-4-7-11-23)14-15-35(20)26-18-29-25(17-30-26)28(36)33-12-8-5-9-13-33/h4,6-7,10-11,17-18,20H,5,8-9,12-16,19H2,1-3H3. The fourth-order valence-corrected chi connectivity index (χ4v) is 5.23. The summed E-state index contributed by atoms with van der Waals surface area (Å²) in [4.78, 5) is 28.3. The van der Waals surface area contributed by atoms with Crippen LogP contribution in [-0.2, 0) is 6.42 Å². The molecular formula is C28H35N7O. The third-order valence-electron chi connectivity index (χ3n) is 7.53. The Morgan fingerprint density at radius 2 is 1.69 bits per heavy atom. The van der Waals surface area contributed by atoms with Crippen molar-refractivity contribution in [2.24, 2.45) is 0 Å². The molecule has 2 saturated heterocycles. The van der Waals surface area contributed by atoms with Gasteiger partial charge in [-0.3, -0.25) is 4.79 Å². The van der Waals surface area contributed by atoms with Gasteiger partial charge < -0.3 is 14.7 Å². The Morgan fingerprint density at radius 1 is 0.917 bits per heavy atom. The number of carbonyl (C=O) groups is 1. The minimum atomic E-state index is -0.00764. The average Bonchev–Trinajstić information content (AvgIpc) is 2.92. The summed E-state index contributed by atoms with van der Waals surface area (Å²) in [5.41, 5.74) is 5.11. The number of likely N-dealkylation sites (tertiary alicyclic amines) is 1. The molecule has 3 aromatic rings. The fourth-order valence-electron chi connectivity index (χ4n) is 5.23. The minimum Gasteiger partial charge on any atom is -0.351 e. The highest BCUT2D eigenvalue weighted by molar-refractivity contribution is 5.92. The Labute approximate surface area is 213 Å². The molecule has 8 heteroatoms. The number of piperazine rings is 1. The summed E-state index contributed by atoms with van der Waals surface area (Å²) >= 11 is 0. The number of benzene rings is 1. The monoisotopic (exact) mass is 485 g/mol. The molecule has 4 heterocycles. The van der Waals surface area contributed by atoms with E-state index in [1.807, 2.05) is 11.0 Å². The van der Waals surface area contributed by atoms with Crippen molar-refractivity contribution in [3.8, 4) is 0 Å². The summed E-state index contributed by atoms with van der Waals surface area (Å²) in [5.74, 6) is 1.77. The van der Waals surface area contributed by atoms with Gasteiger partial charge in [-0.05, 0) is 56.7 Å². The van der Waals surface area contributed by atoms with Crippen LogP contribution in [0.4, 0.5) is 11.6 Å².